The molecule has 7 nitrogen and oxygen atoms in total. The van der Waals surface area contributed by atoms with Crippen molar-refractivity contribution in [2.75, 3.05) is 27.7 Å². The van der Waals surface area contributed by atoms with Gasteiger partial charge in [-0.25, -0.2) is 0 Å². The first-order chi connectivity index (χ1) is 14.7. The van der Waals surface area contributed by atoms with E-state index >= 15 is 0 Å². The highest BCUT2D eigenvalue weighted by molar-refractivity contribution is 5.94. The Morgan fingerprint density at radius 1 is 1.10 bits per heavy atom. The Balaban J connectivity index is 2.28. The number of hydrogen-bond acceptors (Lipinski definition) is 4. The van der Waals surface area contributed by atoms with Crippen molar-refractivity contribution in [1.82, 2.24) is 15.1 Å². The van der Waals surface area contributed by atoms with Gasteiger partial charge in [-0.3, -0.25) is 14.4 Å². The molecule has 0 radical (unpaired) electrons. The monoisotopic (exact) mass is 424 g/mol. The van der Waals surface area contributed by atoms with Gasteiger partial charge in [-0.2, -0.15) is 0 Å². The zero-order chi connectivity index (χ0) is 23.0. The first-order valence-electron chi connectivity index (χ1n) is 10.3. The SMILES string of the molecule is CNC(=O)CN(C)C(=O)C(Cc1ccc2ccccc2c1)N(C)C(=O)/C=C/CC(C)N. The summed E-state index contributed by atoms with van der Waals surface area (Å²) < 4.78 is 0. The van der Waals surface area contributed by atoms with Crippen molar-refractivity contribution in [3.05, 3.63) is 60.2 Å². The predicted octanol–water partition coefficient (Wildman–Crippen LogP) is 1.71. The summed E-state index contributed by atoms with van der Waals surface area (Å²) in [5.41, 5.74) is 6.67. The minimum atomic E-state index is -0.747. The van der Waals surface area contributed by atoms with Crippen molar-refractivity contribution in [3.63, 3.8) is 0 Å². The second kappa shape index (κ2) is 11.3. The molecule has 0 aliphatic rings. The zero-order valence-corrected chi connectivity index (χ0v) is 18.7. The third-order valence-corrected chi connectivity index (χ3v) is 5.15. The number of benzene rings is 2. The normalized spacial score (nSPS) is 13.1. The van der Waals surface area contributed by atoms with Gasteiger partial charge < -0.3 is 20.9 Å². The first-order valence-corrected chi connectivity index (χ1v) is 10.3. The van der Waals surface area contributed by atoms with E-state index in [2.05, 4.69) is 5.32 Å². The van der Waals surface area contributed by atoms with Crippen LogP contribution in [-0.4, -0.2) is 67.3 Å². The number of hydrogen-bond donors (Lipinski definition) is 2. The molecular formula is C24H32N4O3. The lowest BCUT2D eigenvalue weighted by atomic mass is 10.00. The second-order valence-electron chi connectivity index (χ2n) is 7.83. The van der Waals surface area contributed by atoms with Gasteiger partial charge in [0, 0.05) is 33.6 Å². The minimum Gasteiger partial charge on any atom is -0.358 e. The van der Waals surface area contributed by atoms with Crippen molar-refractivity contribution in [2.24, 2.45) is 5.73 Å². The fourth-order valence-corrected chi connectivity index (χ4v) is 3.26. The maximum absolute atomic E-state index is 13.2. The van der Waals surface area contributed by atoms with Crippen LogP contribution in [0.15, 0.2) is 54.6 Å². The van der Waals surface area contributed by atoms with Crippen LogP contribution in [0, 0.1) is 0 Å². The number of carbonyl (C=O) groups is 3. The molecule has 166 valence electrons. The van der Waals surface area contributed by atoms with Gasteiger partial charge in [0.2, 0.25) is 17.7 Å². The summed E-state index contributed by atoms with van der Waals surface area (Å²) in [5.74, 6) is -0.854. The average molecular weight is 425 g/mol. The Labute approximate surface area is 183 Å². The van der Waals surface area contributed by atoms with E-state index in [-0.39, 0.29) is 30.3 Å². The van der Waals surface area contributed by atoms with Crippen LogP contribution < -0.4 is 11.1 Å². The van der Waals surface area contributed by atoms with Crippen LogP contribution in [0.3, 0.4) is 0 Å². The molecule has 0 aliphatic carbocycles. The summed E-state index contributed by atoms with van der Waals surface area (Å²) in [6, 6.07) is 13.2. The summed E-state index contributed by atoms with van der Waals surface area (Å²) in [6.45, 7) is 1.78. The van der Waals surface area contributed by atoms with Crippen LogP contribution in [0.4, 0.5) is 0 Å². The number of fused-ring (bicyclic) bond motifs is 1. The molecule has 3 amide bonds. The fraction of sp³-hybridized carbons (Fsp3) is 0.375. The van der Waals surface area contributed by atoms with Gasteiger partial charge in [0.15, 0.2) is 0 Å². The lowest BCUT2D eigenvalue weighted by Crippen LogP contribution is -2.50. The van der Waals surface area contributed by atoms with Crippen molar-refractivity contribution in [2.45, 2.75) is 31.8 Å². The Morgan fingerprint density at radius 2 is 1.77 bits per heavy atom. The Bertz CT molecular complexity index is 955. The molecule has 31 heavy (non-hydrogen) atoms. The highest BCUT2D eigenvalue weighted by Gasteiger charge is 2.29. The second-order valence-corrected chi connectivity index (χ2v) is 7.83. The Kier molecular flexibility index (Phi) is 8.75. The van der Waals surface area contributed by atoms with Gasteiger partial charge in [0.25, 0.3) is 0 Å². The summed E-state index contributed by atoms with van der Waals surface area (Å²) in [7, 11) is 4.69. The maximum Gasteiger partial charge on any atom is 0.246 e. The zero-order valence-electron chi connectivity index (χ0n) is 18.7. The van der Waals surface area contributed by atoms with Gasteiger partial charge in [-0.05, 0) is 35.8 Å². The number of nitrogens with one attached hydrogen (secondary N) is 1. The topological polar surface area (TPSA) is 95.7 Å². The third-order valence-electron chi connectivity index (χ3n) is 5.15. The molecule has 2 rings (SSSR count). The van der Waals surface area contributed by atoms with E-state index in [1.807, 2.05) is 49.4 Å². The van der Waals surface area contributed by atoms with Gasteiger partial charge in [0.05, 0.1) is 6.54 Å². The molecule has 0 fully saturated rings. The van der Waals surface area contributed by atoms with E-state index in [0.29, 0.717) is 12.8 Å². The van der Waals surface area contributed by atoms with Crippen molar-refractivity contribution in [1.29, 1.82) is 0 Å². The third kappa shape index (κ3) is 6.93. The summed E-state index contributed by atoms with van der Waals surface area (Å²) in [5, 5.41) is 4.68. The van der Waals surface area contributed by atoms with E-state index in [4.69, 9.17) is 5.73 Å². The smallest absolute Gasteiger partial charge is 0.246 e. The molecule has 0 saturated carbocycles. The van der Waals surface area contributed by atoms with Crippen molar-refractivity contribution >= 4 is 28.5 Å². The van der Waals surface area contributed by atoms with Crippen molar-refractivity contribution in [3.8, 4) is 0 Å². The Morgan fingerprint density at radius 3 is 2.42 bits per heavy atom. The van der Waals surface area contributed by atoms with Crippen LogP contribution in [0.2, 0.25) is 0 Å². The van der Waals surface area contributed by atoms with E-state index in [1.54, 1.807) is 20.2 Å². The minimum absolute atomic E-state index is 0.0527. The van der Waals surface area contributed by atoms with Crippen LogP contribution in [0.25, 0.3) is 10.8 Å². The van der Waals surface area contributed by atoms with Gasteiger partial charge in [0.1, 0.15) is 6.04 Å². The summed E-state index contributed by atoms with van der Waals surface area (Å²) in [6.07, 6.45) is 4.07. The number of nitrogens with zero attached hydrogens (tertiary/aromatic N) is 2. The van der Waals surface area contributed by atoms with Crippen molar-refractivity contribution < 1.29 is 14.4 Å². The van der Waals surface area contributed by atoms with Crippen LogP contribution >= 0.6 is 0 Å². The number of likely N-dealkylation sites (N-methyl/N-ethyl adjacent to an activating group) is 3. The van der Waals surface area contributed by atoms with Crippen LogP contribution in [0.5, 0.6) is 0 Å². The number of rotatable bonds is 9. The summed E-state index contributed by atoms with van der Waals surface area (Å²) in [4.78, 5) is 40.4. The Hall–Kier alpha value is -3.19. The molecule has 0 saturated heterocycles. The molecule has 3 N–H and O–H groups in total. The predicted molar refractivity (Wildman–Crippen MR) is 123 cm³/mol. The molecule has 0 aromatic heterocycles. The van der Waals surface area contributed by atoms with E-state index in [1.165, 1.54) is 22.9 Å². The fourth-order valence-electron chi connectivity index (χ4n) is 3.26. The molecule has 7 heteroatoms. The molecule has 2 aromatic rings. The number of carbonyl (C=O) groups excluding carboxylic acids is 3. The number of amides is 3. The van der Waals surface area contributed by atoms with E-state index in [9.17, 15) is 14.4 Å². The maximum atomic E-state index is 13.2. The molecular weight excluding hydrogens is 392 g/mol. The standard InChI is InChI=1S/C24H32N4O3/c1-17(25)8-7-11-23(30)28(4)21(24(31)27(3)16-22(29)26-2)15-18-12-13-19-9-5-6-10-20(19)14-18/h5-7,9-14,17,21H,8,15-16,25H2,1-4H3,(H,26,29)/b11-7+. The average Bonchev–Trinajstić information content (AvgIpc) is 2.75. The lowest BCUT2D eigenvalue weighted by Gasteiger charge is -2.30. The molecule has 0 bridgehead atoms. The summed E-state index contributed by atoms with van der Waals surface area (Å²) >= 11 is 0. The molecule has 2 unspecified atom stereocenters. The molecule has 0 spiro atoms. The largest absolute Gasteiger partial charge is 0.358 e. The molecule has 0 aliphatic heterocycles. The first kappa shape index (κ1) is 24.1. The van der Waals surface area contributed by atoms with Gasteiger partial charge in [-0.1, -0.05) is 48.5 Å². The highest BCUT2D eigenvalue weighted by Crippen LogP contribution is 2.18. The van der Waals surface area contributed by atoms with E-state index in [0.717, 1.165) is 16.3 Å². The number of nitrogens with two attached hydrogens (primary N) is 1. The molecule has 2 atom stereocenters. The van der Waals surface area contributed by atoms with Gasteiger partial charge in [-0.15, -0.1) is 0 Å². The van der Waals surface area contributed by atoms with E-state index < -0.39 is 6.04 Å². The molecule has 2 aromatic carbocycles. The van der Waals surface area contributed by atoms with Crippen LogP contribution in [-0.2, 0) is 20.8 Å². The van der Waals surface area contributed by atoms with Gasteiger partial charge >= 0.3 is 0 Å². The quantitative estimate of drug-likeness (QED) is 0.599. The molecule has 0 heterocycles. The highest BCUT2D eigenvalue weighted by atomic mass is 16.2. The van der Waals surface area contributed by atoms with Crippen LogP contribution in [0.1, 0.15) is 18.9 Å². The lowest BCUT2D eigenvalue weighted by molar-refractivity contribution is -0.143.